The Hall–Kier alpha value is -3.42. The highest BCUT2D eigenvalue weighted by molar-refractivity contribution is 7.98. The van der Waals surface area contributed by atoms with E-state index in [9.17, 15) is 4.79 Å². The lowest BCUT2D eigenvalue weighted by Gasteiger charge is -2.27. The molecule has 0 radical (unpaired) electrons. The lowest BCUT2D eigenvalue weighted by Crippen LogP contribution is -2.31. The minimum Gasteiger partial charge on any atom is -0.493 e. The number of aromatic amines is 1. The van der Waals surface area contributed by atoms with Crippen molar-refractivity contribution in [3.05, 3.63) is 94.1 Å². The Kier molecular flexibility index (Phi) is 6.94. The highest BCUT2D eigenvalue weighted by Crippen LogP contribution is 2.43. The van der Waals surface area contributed by atoms with Crippen molar-refractivity contribution in [3.63, 3.8) is 0 Å². The lowest BCUT2D eigenvalue weighted by atomic mass is 9.96. The normalized spacial score (nSPS) is 14.7. The molecule has 5 rings (SSSR count). The second-order valence-electron chi connectivity index (χ2n) is 8.48. The Labute approximate surface area is 219 Å². The van der Waals surface area contributed by atoms with Gasteiger partial charge in [-0.2, -0.15) is 5.10 Å². The number of carbonyl (C=O) groups is 1. The van der Waals surface area contributed by atoms with Gasteiger partial charge in [0.1, 0.15) is 5.69 Å². The summed E-state index contributed by atoms with van der Waals surface area (Å²) in [6.07, 6.45) is 2.72. The lowest BCUT2D eigenvalue weighted by molar-refractivity contribution is 0.0746. The Morgan fingerprint density at radius 1 is 1.00 bits per heavy atom. The molecule has 1 aliphatic rings. The third-order valence-electron chi connectivity index (χ3n) is 6.50. The Bertz CT molecular complexity index is 1390. The monoisotopic (exact) mass is 519 g/mol. The fourth-order valence-electron chi connectivity index (χ4n) is 4.67. The van der Waals surface area contributed by atoms with E-state index in [0.29, 0.717) is 35.2 Å². The number of hydrogen-bond donors (Lipinski definition) is 1. The molecule has 1 atom stereocenters. The first-order chi connectivity index (χ1) is 17.5. The highest BCUT2D eigenvalue weighted by atomic mass is 35.5. The molecule has 184 valence electrons. The molecule has 4 aromatic rings. The van der Waals surface area contributed by atoms with Crippen molar-refractivity contribution in [2.24, 2.45) is 0 Å². The van der Waals surface area contributed by atoms with Crippen molar-refractivity contribution in [1.82, 2.24) is 15.1 Å². The number of amides is 1. The number of nitrogens with one attached hydrogen (secondary N) is 1. The van der Waals surface area contributed by atoms with Gasteiger partial charge in [0.25, 0.3) is 5.91 Å². The van der Waals surface area contributed by atoms with Gasteiger partial charge in [0, 0.05) is 27.6 Å². The Balaban J connectivity index is 1.52. The molecular formula is C28H26ClN3O3S. The first-order valence-corrected chi connectivity index (χ1v) is 13.1. The van der Waals surface area contributed by atoms with Crippen LogP contribution in [0.2, 0.25) is 5.02 Å². The largest absolute Gasteiger partial charge is 0.493 e. The van der Waals surface area contributed by atoms with E-state index in [1.807, 2.05) is 47.4 Å². The number of fused-ring (bicyclic) bond motifs is 1. The summed E-state index contributed by atoms with van der Waals surface area (Å²) in [6, 6.07) is 21.5. The van der Waals surface area contributed by atoms with E-state index in [4.69, 9.17) is 21.1 Å². The number of nitrogens with zero attached hydrogens (tertiary/aromatic N) is 2. The van der Waals surface area contributed by atoms with Crippen LogP contribution >= 0.6 is 23.4 Å². The van der Waals surface area contributed by atoms with Crippen LogP contribution in [0, 0.1) is 0 Å². The van der Waals surface area contributed by atoms with Crippen LogP contribution in [0.1, 0.15) is 33.2 Å². The van der Waals surface area contributed by atoms with Crippen molar-refractivity contribution in [3.8, 4) is 22.8 Å². The predicted molar refractivity (Wildman–Crippen MR) is 143 cm³/mol. The zero-order valence-electron chi connectivity index (χ0n) is 20.2. The molecular weight excluding hydrogens is 494 g/mol. The van der Waals surface area contributed by atoms with E-state index in [1.165, 1.54) is 4.90 Å². The minimum atomic E-state index is -0.257. The number of H-pyrrole nitrogens is 1. The molecule has 1 aromatic heterocycles. The molecule has 0 aliphatic carbocycles. The number of halogens is 1. The van der Waals surface area contributed by atoms with Crippen LogP contribution in [-0.2, 0) is 6.42 Å². The predicted octanol–water partition coefficient (Wildman–Crippen LogP) is 6.26. The topological polar surface area (TPSA) is 67.5 Å². The second kappa shape index (κ2) is 10.3. The molecule has 0 bridgehead atoms. The maximum atomic E-state index is 13.6. The summed E-state index contributed by atoms with van der Waals surface area (Å²) in [5, 5.41) is 8.22. The van der Waals surface area contributed by atoms with Crippen molar-refractivity contribution in [2.45, 2.75) is 17.4 Å². The van der Waals surface area contributed by atoms with Gasteiger partial charge in [-0.3, -0.25) is 9.89 Å². The van der Waals surface area contributed by atoms with Gasteiger partial charge in [-0.25, -0.2) is 0 Å². The van der Waals surface area contributed by atoms with Crippen LogP contribution in [-0.4, -0.2) is 48.0 Å². The van der Waals surface area contributed by atoms with E-state index in [0.717, 1.165) is 27.9 Å². The van der Waals surface area contributed by atoms with E-state index in [1.54, 1.807) is 26.0 Å². The quantitative estimate of drug-likeness (QED) is 0.278. The summed E-state index contributed by atoms with van der Waals surface area (Å²) >= 11 is 7.81. The van der Waals surface area contributed by atoms with Crippen molar-refractivity contribution >= 4 is 29.3 Å². The molecule has 0 saturated carbocycles. The number of thioether (sulfide) groups is 1. The fraction of sp³-hybridized carbons (Fsp3) is 0.214. The molecule has 1 N–H and O–H groups in total. The smallest absolute Gasteiger partial charge is 0.273 e. The van der Waals surface area contributed by atoms with Crippen LogP contribution < -0.4 is 9.47 Å². The van der Waals surface area contributed by atoms with Gasteiger partial charge in [-0.1, -0.05) is 41.9 Å². The molecule has 8 heteroatoms. The molecule has 2 heterocycles. The van der Waals surface area contributed by atoms with Crippen LogP contribution in [0.15, 0.2) is 71.6 Å². The third-order valence-corrected chi connectivity index (χ3v) is 7.50. The number of hydrogen-bond acceptors (Lipinski definition) is 5. The average molecular weight is 520 g/mol. The fourth-order valence-corrected chi connectivity index (χ4v) is 5.21. The molecule has 1 aliphatic heterocycles. The summed E-state index contributed by atoms with van der Waals surface area (Å²) in [5.41, 5.74) is 5.21. The summed E-state index contributed by atoms with van der Waals surface area (Å²) in [6.45, 7) is 0.534. The van der Waals surface area contributed by atoms with Gasteiger partial charge in [0.2, 0.25) is 0 Å². The molecule has 3 aromatic carbocycles. The molecule has 0 spiro atoms. The summed E-state index contributed by atoms with van der Waals surface area (Å²) < 4.78 is 10.8. The van der Waals surface area contributed by atoms with Gasteiger partial charge in [0.15, 0.2) is 11.5 Å². The third kappa shape index (κ3) is 4.45. The summed E-state index contributed by atoms with van der Waals surface area (Å²) in [5.74, 6) is 1.29. The molecule has 0 fully saturated rings. The van der Waals surface area contributed by atoms with Crippen LogP contribution in [0.3, 0.4) is 0 Å². The maximum absolute atomic E-state index is 13.6. The average Bonchev–Trinajstić information content (AvgIpc) is 3.46. The van der Waals surface area contributed by atoms with Gasteiger partial charge in [0.05, 0.1) is 26.0 Å². The first-order valence-electron chi connectivity index (χ1n) is 11.5. The van der Waals surface area contributed by atoms with Crippen molar-refractivity contribution in [2.75, 3.05) is 27.0 Å². The van der Waals surface area contributed by atoms with Gasteiger partial charge in [-0.15, -0.1) is 11.8 Å². The zero-order chi connectivity index (χ0) is 25.2. The van der Waals surface area contributed by atoms with Gasteiger partial charge in [-0.05, 0) is 60.2 Å². The van der Waals surface area contributed by atoms with Crippen molar-refractivity contribution < 1.29 is 14.3 Å². The first kappa shape index (κ1) is 24.3. The molecule has 6 nitrogen and oxygen atoms in total. The van der Waals surface area contributed by atoms with Crippen molar-refractivity contribution in [1.29, 1.82) is 0 Å². The number of benzene rings is 3. The second-order valence-corrected chi connectivity index (χ2v) is 9.80. The number of rotatable bonds is 8. The van der Waals surface area contributed by atoms with E-state index in [2.05, 4.69) is 40.7 Å². The number of carbonyl (C=O) groups excluding carboxylic acids is 1. The van der Waals surface area contributed by atoms with Crippen LogP contribution in [0.5, 0.6) is 11.5 Å². The van der Waals surface area contributed by atoms with E-state index < -0.39 is 0 Å². The van der Waals surface area contributed by atoms with Gasteiger partial charge >= 0.3 is 0 Å². The van der Waals surface area contributed by atoms with E-state index >= 15 is 0 Å². The maximum Gasteiger partial charge on any atom is 0.273 e. The zero-order valence-corrected chi connectivity index (χ0v) is 21.8. The van der Waals surface area contributed by atoms with Gasteiger partial charge < -0.3 is 14.4 Å². The minimum absolute atomic E-state index is 0.0582. The summed E-state index contributed by atoms with van der Waals surface area (Å²) in [7, 11) is 3.24. The number of aromatic nitrogens is 2. The Morgan fingerprint density at radius 3 is 2.39 bits per heavy atom. The number of methoxy groups -OCH3 is 2. The molecule has 36 heavy (non-hydrogen) atoms. The van der Waals surface area contributed by atoms with E-state index in [-0.39, 0.29) is 11.9 Å². The van der Waals surface area contributed by atoms with Crippen LogP contribution in [0.4, 0.5) is 0 Å². The highest BCUT2D eigenvalue weighted by Gasteiger charge is 2.41. The standard InChI is InChI=1S/C28H26ClN3O3S/c1-34-22-13-4-17(16-23(22)35-2)14-15-32-27(19-7-11-21(36-3)12-8-19)24-25(30-31-26(24)28(32)33)18-5-9-20(29)10-6-18/h4-13,16,27H,14-15H2,1-3H3,(H,30,31). The molecule has 1 amide bonds. The molecule has 1 unspecified atom stereocenters. The number of ether oxygens (including phenoxy) is 2. The Morgan fingerprint density at radius 2 is 1.72 bits per heavy atom. The van der Waals surface area contributed by atoms with Crippen LogP contribution in [0.25, 0.3) is 11.3 Å². The molecule has 0 saturated heterocycles. The summed E-state index contributed by atoms with van der Waals surface area (Å²) in [4.78, 5) is 16.7. The SMILES string of the molecule is COc1ccc(CCN2C(=O)c3[nH]nc(-c4ccc(Cl)cc4)c3C2c2ccc(SC)cc2)cc1OC.